The lowest BCUT2D eigenvalue weighted by Gasteiger charge is -2.29. The van der Waals surface area contributed by atoms with Gasteiger partial charge in [0.1, 0.15) is 11.3 Å². The third kappa shape index (κ3) is 4.26. The van der Waals surface area contributed by atoms with E-state index in [2.05, 4.69) is 9.88 Å². The summed E-state index contributed by atoms with van der Waals surface area (Å²) in [5.74, 6) is 0.317. The zero-order valence-electron chi connectivity index (χ0n) is 16.2. The number of aliphatic hydroxyl groups excluding tert-OH is 1. The largest absolute Gasteiger partial charge is 0.393 e. The standard InChI is InChI=1S/C19H25N3O5S/c1-12(23)6-8-20-28(25,26)17-5-4-15-7-9-22(11-16(15)10-17)19(24)18-13(2)21-27-14(18)3/h4-5,10,12,20,23H,6-9,11H2,1-3H3. The molecule has 0 aliphatic carbocycles. The number of hydrogen-bond acceptors (Lipinski definition) is 6. The van der Waals surface area contributed by atoms with Gasteiger partial charge in [0.2, 0.25) is 10.0 Å². The van der Waals surface area contributed by atoms with E-state index < -0.39 is 16.1 Å². The molecular weight excluding hydrogens is 382 g/mol. The van der Waals surface area contributed by atoms with E-state index in [4.69, 9.17) is 4.52 Å². The van der Waals surface area contributed by atoms with Crippen molar-refractivity contribution >= 4 is 15.9 Å². The van der Waals surface area contributed by atoms with Crippen LogP contribution in [0.1, 0.15) is 46.3 Å². The van der Waals surface area contributed by atoms with Crippen LogP contribution in [-0.2, 0) is 23.0 Å². The summed E-state index contributed by atoms with van der Waals surface area (Å²) in [6.07, 6.45) is 0.416. The van der Waals surface area contributed by atoms with Crippen LogP contribution in [0.4, 0.5) is 0 Å². The topological polar surface area (TPSA) is 113 Å². The van der Waals surface area contributed by atoms with Crippen LogP contribution in [0.3, 0.4) is 0 Å². The van der Waals surface area contributed by atoms with Gasteiger partial charge in [-0.2, -0.15) is 0 Å². The van der Waals surface area contributed by atoms with E-state index in [1.54, 1.807) is 43.9 Å². The molecule has 8 nitrogen and oxygen atoms in total. The highest BCUT2D eigenvalue weighted by molar-refractivity contribution is 7.89. The zero-order chi connectivity index (χ0) is 20.5. The highest BCUT2D eigenvalue weighted by Gasteiger charge is 2.27. The summed E-state index contributed by atoms with van der Waals surface area (Å²) < 4.78 is 32.6. The number of benzene rings is 1. The molecule has 2 N–H and O–H groups in total. The van der Waals surface area contributed by atoms with Gasteiger partial charge in [-0.3, -0.25) is 4.79 Å². The molecule has 1 unspecified atom stereocenters. The van der Waals surface area contributed by atoms with Crippen LogP contribution in [-0.4, -0.2) is 48.7 Å². The molecule has 1 aromatic carbocycles. The fraction of sp³-hybridized carbons (Fsp3) is 0.474. The third-order valence-electron chi connectivity index (χ3n) is 4.89. The van der Waals surface area contributed by atoms with Crippen LogP contribution in [0, 0.1) is 13.8 Å². The summed E-state index contributed by atoms with van der Waals surface area (Å²) in [7, 11) is -3.67. The summed E-state index contributed by atoms with van der Waals surface area (Å²) in [6, 6.07) is 5.00. The monoisotopic (exact) mass is 407 g/mol. The number of carbonyl (C=O) groups excluding carboxylic acids is 1. The lowest BCUT2D eigenvalue weighted by atomic mass is 9.99. The fourth-order valence-electron chi connectivity index (χ4n) is 3.31. The van der Waals surface area contributed by atoms with E-state index in [0.717, 1.165) is 11.1 Å². The fourth-order valence-corrected chi connectivity index (χ4v) is 4.40. The molecule has 2 aromatic rings. The summed E-state index contributed by atoms with van der Waals surface area (Å²) in [4.78, 5) is 14.7. The van der Waals surface area contributed by atoms with E-state index in [0.29, 0.717) is 42.9 Å². The van der Waals surface area contributed by atoms with Crippen LogP contribution in [0.15, 0.2) is 27.6 Å². The van der Waals surface area contributed by atoms with Gasteiger partial charge in [0.05, 0.1) is 16.7 Å². The van der Waals surface area contributed by atoms with Crippen LogP contribution in [0.5, 0.6) is 0 Å². The minimum absolute atomic E-state index is 0.156. The summed E-state index contributed by atoms with van der Waals surface area (Å²) >= 11 is 0. The van der Waals surface area contributed by atoms with Crippen LogP contribution < -0.4 is 4.72 Å². The van der Waals surface area contributed by atoms with Crippen LogP contribution in [0.2, 0.25) is 0 Å². The molecule has 0 radical (unpaired) electrons. The number of nitrogens with one attached hydrogen (secondary N) is 1. The number of aromatic nitrogens is 1. The molecule has 0 fully saturated rings. The smallest absolute Gasteiger partial charge is 0.259 e. The summed E-state index contributed by atoms with van der Waals surface area (Å²) in [5, 5.41) is 13.1. The maximum absolute atomic E-state index is 12.9. The number of carbonyl (C=O) groups is 1. The van der Waals surface area contributed by atoms with Gasteiger partial charge in [-0.25, -0.2) is 13.1 Å². The maximum Gasteiger partial charge on any atom is 0.259 e. The average molecular weight is 407 g/mol. The minimum Gasteiger partial charge on any atom is -0.393 e. The van der Waals surface area contributed by atoms with Crippen molar-refractivity contribution in [3.8, 4) is 0 Å². The molecule has 0 bridgehead atoms. The second kappa shape index (κ2) is 8.02. The van der Waals surface area contributed by atoms with E-state index in [1.807, 2.05) is 0 Å². The number of nitrogens with zero attached hydrogens (tertiary/aromatic N) is 2. The molecule has 0 saturated carbocycles. The SMILES string of the molecule is Cc1noc(C)c1C(=O)N1CCc2ccc(S(=O)(=O)NCCC(C)O)cc2C1. The second-order valence-corrected chi connectivity index (χ2v) is 8.91. The molecule has 2 heterocycles. The number of aliphatic hydroxyl groups is 1. The molecule has 0 saturated heterocycles. The Morgan fingerprint density at radius 2 is 2.11 bits per heavy atom. The molecule has 0 spiro atoms. The molecule has 152 valence electrons. The summed E-state index contributed by atoms with van der Waals surface area (Å²) in [5.41, 5.74) is 2.86. The Balaban J connectivity index is 1.79. The number of fused-ring (bicyclic) bond motifs is 1. The molecule has 1 aliphatic heterocycles. The quantitative estimate of drug-likeness (QED) is 0.751. The molecule has 1 aliphatic rings. The highest BCUT2D eigenvalue weighted by Crippen LogP contribution is 2.25. The van der Waals surface area contributed by atoms with Gasteiger partial charge in [-0.1, -0.05) is 11.2 Å². The lowest BCUT2D eigenvalue weighted by Crippen LogP contribution is -2.36. The van der Waals surface area contributed by atoms with Gasteiger partial charge in [-0.15, -0.1) is 0 Å². The average Bonchev–Trinajstić information content (AvgIpc) is 2.98. The molecular formula is C19H25N3O5S. The first-order valence-corrected chi connectivity index (χ1v) is 10.7. The second-order valence-electron chi connectivity index (χ2n) is 7.14. The van der Waals surface area contributed by atoms with Gasteiger partial charge in [0.15, 0.2) is 0 Å². The minimum atomic E-state index is -3.67. The first kappa shape index (κ1) is 20.5. The van der Waals surface area contributed by atoms with Crippen LogP contribution >= 0.6 is 0 Å². The van der Waals surface area contributed by atoms with E-state index >= 15 is 0 Å². The molecule has 9 heteroatoms. The number of aryl methyl sites for hydroxylation is 2. The van der Waals surface area contributed by atoms with Crippen molar-refractivity contribution in [2.45, 2.75) is 51.2 Å². The molecule has 1 atom stereocenters. The Bertz CT molecular complexity index is 962. The predicted molar refractivity (Wildman–Crippen MR) is 102 cm³/mol. The zero-order valence-corrected chi connectivity index (χ0v) is 17.0. The molecule has 28 heavy (non-hydrogen) atoms. The molecule has 3 rings (SSSR count). The van der Waals surface area contributed by atoms with Crippen molar-refractivity contribution in [3.63, 3.8) is 0 Å². The van der Waals surface area contributed by atoms with Crippen molar-refractivity contribution in [3.05, 3.63) is 46.3 Å². The Kier molecular flexibility index (Phi) is 5.87. The third-order valence-corrected chi connectivity index (χ3v) is 6.35. The van der Waals surface area contributed by atoms with Gasteiger partial charge in [-0.05, 0) is 56.9 Å². The van der Waals surface area contributed by atoms with Gasteiger partial charge < -0.3 is 14.5 Å². The van der Waals surface area contributed by atoms with Crippen molar-refractivity contribution in [1.82, 2.24) is 14.8 Å². The van der Waals surface area contributed by atoms with Gasteiger partial charge in [0.25, 0.3) is 5.91 Å². The first-order chi connectivity index (χ1) is 13.2. The Morgan fingerprint density at radius 1 is 1.36 bits per heavy atom. The number of amides is 1. The lowest BCUT2D eigenvalue weighted by molar-refractivity contribution is 0.0732. The normalized spacial score (nSPS) is 15.4. The van der Waals surface area contributed by atoms with Crippen LogP contribution in [0.25, 0.3) is 0 Å². The molecule has 1 amide bonds. The van der Waals surface area contributed by atoms with Crippen molar-refractivity contribution in [2.75, 3.05) is 13.1 Å². The van der Waals surface area contributed by atoms with Crippen molar-refractivity contribution in [2.24, 2.45) is 0 Å². The van der Waals surface area contributed by atoms with Gasteiger partial charge >= 0.3 is 0 Å². The molecule has 1 aromatic heterocycles. The predicted octanol–water partition coefficient (Wildman–Crippen LogP) is 1.54. The first-order valence-electron chi connectivity index (χ1n) is 9.20. The number of sulfonamides is 1. The number of rotatable bonds is 6. The highest BCUT2D eigenvalue weighted by atomic mass is 32.2. The van der Waals surface area contributed by atoms with E-state index in [-0.39, 0.29) is 17.3 Å². The van der Waals surface area contributed by atoms with Crippen molar-refractivity contribution in [1.29, 1.82) is 0 Å². The Labute approximate surface area is 164 Å². The van der Waals surface area contributed by atoms with Gasteiger partial charge in [0, 0.05) is 19.6 Å². The van der Waals surface area contributed by atoms with E-state index in [1.165, 1.54) is 0 Å². The number of hydrogen-bond donors (Lipinski definition) is 2. The Hall–Kier alpha value is -2.23. The maximum atomic E-state index is 12.9. The van der Waals surface area contributed by atoms with Crippen molar-refractivity contribution < 1.29 is 22.8 Å². The summed E-state index contributed by atoms with van der Waals surface area (Å²) in [6.45, 7) is 6.08. The Morgan fingerprint density at radius 3 is 2.75 bits per heavy atom. The van der Waals surface area contributed by atoms with E-state index in [9.17, 15) is 18.3 Å².